The minimum atomic E-state index is 0.660. The maximum atomic E-state index is 2.50. The average molecular weight is 235 g/mol. The molecule has 0 unspecified atom stereocenters. The van der Waals surface area contributed by atoms with Crippen molar-refractivity contribution in [2.24, 2.45) is 0 Å². The number of nitrogens with zero attached hydrogens (tertiary/aromatic N) is 1. The lowest BCUT2D eigenvalue weighted by Gasteiger charge is -2.18. The molecular weight excluding hydrogens is 206 g/mol. The van der Waals surface area contributed by atoms with Gasteiger partial charge in [0.15, 0.2) is 0 Å². The predicted octanol–water partition coefficient (Wildman–Crippen LogP) is 4.77. The molecular formula is C16H29N. The lowest BCUT2D eigenvalue weighted by molar-refractivity contribution is 0.227. The van der Waals surface area contributed by atoms with Crippen molar-refractivity contribution in [2.45, 2.75) is 67.6 Å². The first-order valence-electron chi connectivity index (χ1n) is 6.99. The maximum Gasteiger partial charge on any atom is 0.0243 e. The van der Waals surface area contributed by atoms with E-state index in [0.29, 0.717) is 6.04 Å². The van der Waals surface area contributed by atoms with E-state index < -0.39 is 0 Å². The van der Waals surface area contributed by atoms with Gasteiger partial charge in [-0.3, -0.25) is 4.90 Å². The van der Waals surface area contributed by atoms with Crippen LogP contribution in [0.5, 0.6) is 0 Å². The molecule has 17 heavy (non-hydrogen) atoms. The largest absolute Gasteiger partial charge is 0.292 e. The number of benzene rings is 1. The van der Waals surface area contributed by atoms with Crippen LogP contribution in [0.1, 0.15) is 58.2 Å². The third-order valence-corrected chi connectivity index (χ3v) is 2.84. The first-order chi connectivity index (χ1) is 8.16. The summed E-state index contributed by atoms with van der Waals surface area (Å²) in [5.74, 6) is 0. The molecule has 1 aliphatic heterocycles. The molecule has 0 aromatic heterocycles. The molecule has 1 aromatic rings. The van der Waals surface area contributed by atoms with Crippen molar-refractivity contribution in [1.82, 2.24) is 4.90 Å². The van der Waals surface area contributed by atoms with Gasteiger partial charge in [0, 0.05) is 19.1 Å². The van der Waals surface area contributed by atoms with Gasteiger partial charge in [-0.15, -0.1) is 0 Å². The van der Waals surface area contributed by atoms with E-state index in [2.05, 4.69) is 43.9 Å². The zero-order valence-corrected chi connectivity index (χ0v) is 12.7. The number of rotatable bonds is 1. The Bertz CT molecular complexity index is 315. The fourth-order valence-corrected chi connectivity index (χ4v) is 1.91. The number of aryl methyl sites for hydroxylation is 1. The molecule has 0 amide bonds. The molecule has 1 nitrogen and oxygen atoms in total. The highest BCUT2D eigenvalue weighted by molar-refractivity contribution is 5.34. The Morgan fingerprint density at radius 1 is 0.941 bits per heavy atom. The molecule has 0 N–H and O–H groups in total. The van der Waals surface area contributed by atoms with Crippen molar-refractivity contribution in [3.05, 3.63) is 34.9 Å². The van der Waals surface area contributed by atoms with Crippen LogP contribution in [0, 0.1) is 6.92 Å². The van der Waals surface area contributed by atoms with Gasteiger partial charge in [0.25, 0.3) is 0 Å². The Morgan fingerprint density at radius 2 is 1.47 bits per heavy atom. The van der Waals surface area contributed by atoms with E-state index in [1.165, 1.54) is 16.7 Å². The van der Waals surface area contributed by atoms with Crippen molar-refractivity contribution in [1.29, 1.82) is 0 Å². The van der Waals surface area contributed by atoms with Crippen molar-refractivity contribution in [3.8, 4) is 0 Å². The molecule has 0 fully saturated rings. The summed E-state index contributed by atoms with van der Waals surface area (Å²) in [6, 6.07) is 7.46. The molecule has 0 aliphatic carbocycles. The van der Waals surface area contributed by atoms with Gasteiger partial charge >= 0.3 is 0 Å². The lowest BCUT2D eigenvalue weighted by atomic mass is 10.1. The Morgan fingerprint density at radius 3 is 2.00 bits per heavy atom. The van der Waals surface area contributed by atoms with Gasteiger partial charge in [-0.05, 0) is 31.9 Å². The Kier molecular flexibility index (Phi) is 7.90. The van der Waals surface area contributed by atoms with Crippen molar-refractivity contribution in [2.75, 3.05) is 0 Å². The van der Waals surface area contributed by atoms with Gasteiger partial charge in [-0.1, -0.05) is 51.5 Å². The zero-order valence-electron chi connectivity index (χ0n) is 12.7. The number of hydrogen-bond donors (Lipinski definition) is 0. The van der Waals surface area contributed by atoms with Gasteiger partial charge in [-0.25, -0.2) is 0 Å². The monoisotopic (exact) mass is 235 g/mol. The quantitative estimate of drug-likeness (QED) is 0.677. The molecule has 0 saturated carbocycles. The smallest absolute Gasteiger partial charge is 0.0243 e. The van der Waals surface area contributed by atoms with Crippen molar-refractivity contribution in [3.63, 3.8) is 0 Å². The van der Waals surface area contributed by atoms with Crippen molar-refractivity contribution >= 4 is 0 Å². The molecule has 0 atom stereocenters. The summed E-state index contributed by atoms with van der Waals surface area (Å²) in [6.45, 7) is 17.0. The molecule has 0 saturated heterocycles. The second-order valence-electron chi connectivity index (χ2n) is 4.27. The molecule has 1 heteroatoms. The predicted molar refractivity (Wildman–Crippen MR) is 78.3 cm³/mol. The van der Waals surface area contributed by atoms with E-state index in [0.717, 1.165) is 13.1 Å². The summed E-state index contributed by atoms with van der Waals surface area (Å²) < 4.78 is 0. The molecule has 2 rings (SSSR count). The van der Waals surface area contributed by atoms with E-state index in [4.69, 9.17) is 0 Å². The summed E-state index contributed by atoms with van der Waals surface area (Å²) in [7, 11) is 0. The van der Waals surface area contributed by atoms with Crippen LogP contribution in [-0.4, -0.2) is 10.9 Å². The molecule has 1 aromatic carbocycles. The van der Waals surface area contributed by atoms with Crippen LogP contribution < -0.4 is 0 Å². The highest BCUT2D eigenvalue weighted by Crippen LogP contribution is 2.24. The van der Waals surface area contributed by atoms with Gasteiger partial charge in [0.1, 0.15) is 0 Å². The zero-order chi connectivity index (χ0) is 13.4. The fraction of sp³-hybridized carbons (Fsp3) is 0.625. The number of hydrogen-bond acceptors (Lipinski definition) is 1. The summed E-state index contributed by atoms with van der Waals surface area (Å²) in [4.78, 5) is 2.50. The van der Waals surface area contributed by atoms with Gasteiger partial charge in [0.2, 0.25) is 0 Å². The third-order valence-electron chi connectivity index (χ3n) is 2.84. The van der Waals surface area contributed by atoms with Crippen LogP contribution in [0.25, 0.3) is 0 Å². The fourth-order valence-electron chi connectivity index (χ4n) is 1.91. The first kappa shape index (κ1) is 16.2. The van der Waals surface area contributed by atoms with Gasteiger partial charge < -0.3 is 0 Å². The molecule has 0 bridgehead atoms. The minimum Gasteiger partial charge on any atom is -0.292 e. The normalized spacial score (nSPS) is 13.4. The second-order valence-corrected chi connectivity index (χ2v) is 4.27. The Labute approximate surface area is 108 Å². The van der Waals surface area contributed by atoms with E-state index in [-0.39, 0.29) is 0 Å². The number of fused-ring (bicyclic) bond motifs is 1. The maximum absolute atomic E-state index is 2.50. The molecule has 1 aliphatic rings. The highest BCUT2D eigenvalue weighted by atomic mass is 15.2. The Balaban J connectivity index is 0.000000581. The third kappa shape index (κ3) is 4.51. The van der Waals surface area contributed by atoms with Crippen LogP contribution in [0.2, 0.25) is 0 Å². The Hall–Kier alpha value is -0.820. The highest BCUT2D eigenvalue weighted by Gasteiger charge is 2.20. The second kappa shape index (κ2) is 8.30. The van der Waals surface area contributed by atoms with Crippen LogP contribution in [0.4, 0.5) is 0 Å². The van der Waals surface area contributed by atoms with Crippen LogP contribution in [0.3, 0.4) is 0 Å². The SMILES string of the molecule is CC.CC.Cc1ccc2c(c1)CN(C(C)C)C2. The topological polar surface area (TPSA) is 3.24 Å². The van der Waals surface area contributed by atoms with Crippen LogP contribution in [-0.2, 0) is 13.1 Å². The van der Waals surface area contributed by atoms with E-state index in [9.17, 15) is 0 Å². The van der Waals surface area contributed by atoms with Gasteiger partial charge in [-0.2, -0.15) is 0 Å². The lowest BCUT2D eigenvalue weighted by Crippen LogP contribution is -2.24. The molecule has 0 spiro atoms. The first-order valence-corrected chi connectivity index (χ1v) is 6.99. The summed E-state index contributed by atoms with van der Waals surface area (Å²) >= 11 is 0. The van der Waals surface area contributed by atoms with E-state index in [1.807, 2.05) is 27.7 Å². The van der Waals surface area contributed by atoms with Crippen LogP contribution in [0.15, 0.2) is 18.2 Å². The van der Waals surface area contributed by atoms with E-state index in [1.54, 1.807) is 0 Å². The average Bonchev–Trinajstić information content (AvgIpc) is 2.77. The summed E-state index contributed by atoms with van der Waals surface area (Å²) in [6.07, 6.45) is 0. The van der Waals surface area contributed by atoms with Crippen LogP contribution >= 0.6 is 0 Å². The van der Waals surface area contributed by atoms with Crippen molar-refractivity contribution < 1.29 is 0 Å². The summed E-state index contributed by atoms with van der Waals surface area (Å²) in [5.41, 5.74) is 4.41. The van der Waals surface area contributed by atoms with E-state index >= 15 is 0 Å². The minimum absolute atomic E-state index is 0.660. The standard InChI is InChI=1S/C12H17N.2C2H6/c1-9(2)13-7-11-5-4-10(3)6-12(11)8-13;2*1-2/h4-6,9H,7-8H2,1-3H3;2*1-2H3. The molecule has 0 radical (unpaired) electrons. The summed E-state index contributed by atoms with van der Waals surface area (Å²) in [5, 5.41) is 0. The van der Waals surface area contributed by atoms with Gasteiger partial charge in [0.05, 0.1) is 0 Å². The molecule has 98 valence electrons. The molecule has 1 heterocycles.